The summed E-state index contributed by atoms with van der Waals surface area (Å²) in [5, 5.41) is 3.45. The highest BCUT2D eigenvalue weighted by Crippen LogP contribution is 2.18. The number of nitrogens with one attached hydrogen (secondary N) is 1. The summed E-state index contributed by atoms with van der Waals surface area (Å²) in [7, 11) is 0. The fraction of sp³-hybridized carbons (Fsp3) is 1.00. The Hall–Kier alpha value is -0.0800. The number of hydrogen-bond donors (Lipinski definition) is 1. The second-order valence-electron chi connectivity index (χ2n) is 6.32. The van der Waals surface area contributed by atoms with Gasteiger partial charge >= 0.3 is 0 Å². The summed E-state index contributed by atoms with van der Waals surface area (Å²) in [5.74, 6) is 1.78. The summed E-state index contributed by atoms with van der Waals surface area (Å²) in [4.78, 5) is 2.64. The Balaban J connectivity index is 2.17. The number of hydrogen-bond acceptors (Lipinski definition) is 2. The molecule has 102 valence electrons. The Labute approximate surface area is 108 Å². The summed E-state index contributed by atoms with van der Waals surface area (Å²) in [6, 6.07) is 0.699. The van der Waals surface area contributed by atoms with Gasteiger partial charge in [-0.1, -0.05) is 13.8 Å². The molecule has 0 radical (unpaired) electrons. The quantitative estimate of drug-likeness (QED) is 0.735. The molecule has 1 aliphatic heterocycles. The summed E-state index contributed by atoms with van der Waals surface area (Å²) in [6.45, 7) is 14.3. The average Bonchev–Trinajstić information content (AvgIpc) is 2.28. The third-order valence-electron chi connectivity index (χ3n) is 3.85. The average molecular weight is 240 g/mol. The van der Waals surface area contributed by atoms with Gasteiger partial charge in [-0.25, -0.2) is 0 Å². The van der Waals surface area contributed by atoms with E-state index in [1.165, 1.54) is 51.9 Å². The minimum Gasteiger partial charge on any atom is -0.317 e. The summed E-state index contributed by atoms with van der Waals surface area (Å²) in [6.07, 6.45) is 5.61. The molecule has 0 bridgehead atoms. The normalized spacial score (nSPS) is 18.5. The van der Waals surface area contributed by atoms with Crippen LogP contribution in [0.1, 0.15) is 53.4 Å². The van der Waals surface area contributed by atoms with Crippen LogP contribution in [0.2, 0.25) is 0 Å². The highest BCUT2D eigenvalue weighted by atomic mass is 15.1. The van der Waals surface area contributed by atoms with Crippen LogP contribution in [0.15, 0.2) is 0 Å². The van der Waals surface area contributed by atoms with E-state index >= 15 is 0 Å². The molecule has 1 rings (SSSR count). The first-order chi connectivity index (χ1) is 8.09. The molecule has 1 heterocycles. The first-order valence-corrected chi connectivity index (χ1v) is 7.54. The molecule has 1 saturated heterocycles. The second kappa shape index (κ2) is 8.10. The van der Waals surface area contributed by atoms with Gasteiger partial charge in [0, 0.05) is 12.6 Å². The highest BCUT2D eigenvalue weighted by Gasteiger charge is 2.15. The van der Waals surface area contributed by atoms with Crippen molar-refractivity contribution in [3.63, 3.8) is 0 Å². The van der Waals surface area contributed by atoms with E-state index in [1.807, 2.05) is 0 Å². The predicted molar refractivity (Wildman–Crippen MR) is 76.4 cm³/mol. The van der Waals surface area contributed by atoms with E-state index < -0.39 is 0 Å². The van der Waals surface area contributed by atoms with E-state index in [4.69, 9.17) is 0 Å². The molecule has 1 fully saturated rings. The molecule has 0 amide bonds. The van der Waals surface area contributed by atoms with E-state index in [1.54, 1.807) is 0 Å². The molecule has 0 aliphatic carbocycles. The maximum Gasteiger partial charge on any atom is 0.00387 e. The van der Waals surface area contributed by atoms with Crippen LogP contribution in [0.3, 0.4) is 0 Å². The fourth-order valence-electron chi connectivity index (χ4n) is 2.78. The molecule has 1 aliphatic rings. The Kier molecular flexibility index (Phi) is 7.14. The Morgan fingerprint density at radius 2 is 1.76 bits per heavy atom. The predicted octanol–water partition coefficient (Wildman–Crippen LogP) is 3.13. The van der Waals surface area contributed by atoms with Crippen LogP contribution in [0.25, 0.3) is 0 Å². The lowest BCUT2D eigenvalue weighted by atomic mass is 9.93. The van der Waals surface area contributed by atoms with E-state index in [2.05, 4.69) is 37.9 Å². The lowest BCUT2D eigenvalue weighted by Crippen LogP contribution is -2.35. The van der Waals surface area contributed by atoms with Crippen molar-refractivity contribution in [3.05, 3.63) is 0 Å². The molecule has 2 heteroatoms. The second-order valence-corrected chi connectivity index (χ2v) is 6.32. The Morgan fingerprint density at radius 1 is 1.12 bits per heavy atom. The number of nitrogens with zero attached hydrogens (tertiary/aromatic N) is 1. The molecule has 0 atom stereocenters. The van der Waals surface area contributed by atoms with Gasteiger partial charge in [0.2, 0.25) is 0 Å². The largest absolute Gasteiger partial charge is 0.317 e. The van der Waals surface area contributed by atoms with Gasteiger partial charge in [0.15, 0.2) is 0 Å². The molecule has 17 heavy (non-hydrogen) atoms. The van der Waals surface area contributed by atoms with E-state index in [9.17, 15) is 0 Å². The minimum absolute atomic E-state index is 0.699. The molecule has 1 N–H and O–H groups in total. The molecule has 0 aromatic rings. The van der Waals surface area contributed by atoms with Gasteiger partial charge in [0.25, 0.3) is 0 Å². The first kappa shape index (κ1) is 15.0. The zero-order chi connectivity index (χ0) is 12.7. The minimum atomic E-state index is 0.699. The summed E-state index contributed by atoms with van der Waals surface area (Å²) >= 11 is 0. The van der Waals surface area contributed by atoms with Crippen LogP contribution >= 0.6 is 0 Å². The van der Waals surface area contributed by atoms with Crippen molar-refractivity contribution in [3.8, 4) is 0 Å². The SMILES string of the molecule is CC(C)CN(CCCC1CCNCC1)C(C)C. The third kappa shape index (κ3) is 6.42. The van der Waals surface area contributed by atoms with Crippen molar-refractivity contribution < 1.29 is 0 Å². The van der Waals surface area contributed by atoms with E-state index in [-0.39, 0.29) is 0 Å². The van der Waals surface area contributed by atoms with Crippen molar-refractivity contribution in [2.75, 3.05) is 26.2 Å². The number of rotatable bonds is 7. The van der Waals surface area contributed by atoms with Gasteiger partial charge in [0.05, 0.1) is 0 Å². The van der Waals surface area contributed by atoms with Crippen molar-refractivity contribution in [1.29, 1.82) is 0 Å². The first-order valence-electron chi connectivity index (χ1n) is 7.54. The van der Waals surface area contributed by atoms with Crippen molar-refractivity contribution in [2.45, 2.75) is 59.4 Å². The van der Waals surface area contributed by atoms with Crippen LogP contribution in [0.5, 0.6) is 0 Å². The van der Waals surface area contributed by atoms with Crippen molar-refractivity contribution in [1.82, 2.24) is 10.2 Å². The maximum atomic E-state index is 3.45. The van der Waals surface area contributed by atoms with Gasteiger partial charge in [-0.05, 0) is 71.0 Å². The molecule has 2 nitrogen and oxygen atoms in total. The van der Waals surface area contributed by atoms with Gasteiger partial charge in [-0.15, -0.1) is 0 Å². The van der Waals surface area contributed by atoms with Crippen LogP contribution in [-0.4, -0.2) is 37.1 Å². The molecule has 0 unspecified atom stereocenters. The van der Waals surface area contributed by atoms with Crippen LogP contribution < -0.4 is 5.32 Å². The maximum absolute atomic E-state index is 3.45. The Morgan fingerprint density at radius 3 is 2.29 bits per heavy atom. The number of piperidine rings is 1. The van der Waals surface area contributed by atoms with Gasteiger partial charge in [-0.3, -0.25) is 0 Å². The molecule has 0 aromatic heterocycles. The smallest absolute Gasteiger partial charge is 0.00387 e. The van der Waals surface area contributed by atoms with Gasteiger partial charge in [-0.2, -0.15) is 0 Å². The van der Waals surface area contributed by atoms with Crippen LogP contribution in [-0.2, 0) is 0 Å². The standard InChI is InChI=1S/C15H32N2/c1-13(2)12-17(14(3)4)11-5-6-15-7-9-16-10-8-15/h13-16H,5-12H2,1-4H3. The van der Waals surface area contributed by atoms with Crippen LogP contribution in [0, 0.1) is 11.8 Å². The Bertz CT molecular complexity index is 183. The lowest BCUT2D eigenvalue weighted by molar-refractivity contribution is 0.187. The summed E-state index contributed by atoms with van der Waals surface area (Å²) in [5.41, 5.74) is 0. The zero-order valence-corrected chi connectivity index (χ0v) is 12.3. The monoisotopic (exact) mass is 240 g/mol. The van der Waals surface area contributed by atoms with E-state index in [0.717, 1.165) is 11.8 Å². The molecular formula is C15H32N2. The zero-order valence-electron chi connectivity index (χ0n) is 12.3. The molecule has 0 saturated carbocycles. The van der Waals surface area contributed by atoms with Crippen LogP contribution in [0.4, 0.5) is 0 Å². The van der Waals surface area contributed by atoms with E-state index in [0.29, 0.717) is 6.04 Å². The molecular weight excluding hydrogens is 208 g/mol. The fourth-order valence-corrected chi connectivity index (χ4v) is 2.78. The molecule has 0 spiro atoms. The summed E-state index contributed by atoms with van der Waals surface area (Å²) < 4.78 is 0. The molecule has 0 aromatic carbocycles. The topological polar surface area (TPSA) is 15.3 Å². The van der Waals surface area contributed by atoms with Gasteiger partial charge in [0.1, 0.15) is 0 Å². The van der Waals surface area contributed by atoms with Gasteiger partial charge < -0.3 is 10.2 Å². The van der Waals surface area contributed by atoms with Crippen molar-refractivity contribution in [2.24, 2.45) is 11.8 Å². The highest BCUT2D eigenvalue weighted by molar-refractivity contribution is 4.70. The lowest BCUT2D eigenvalue weighted by Gasteiger charge is -2.29. The van der Waals surface area contributed by atoms with Crippen molar-refractivity contribution >= 4 is 0 Å². The third-order valence-corrected chi connectivity index (χ3v) is 3.85.